The SMILES string of the molecule is COCCOCCN1CCNCC12CCCCC2.Cl. The summed E-state index contributed by atoms with van der Waals surface area (Å²) >= 11 is 0. The Morgan fingerprint density at radius 2 is 1.89 bits per heavy atom. The van der Waals surface area contributed by atoms with E-state index in [0.717, 1.165) is 26.3 Å². The summed E-state index contributed by atoms with van der Waals surface area (Å²) in [6.45, 7) is 6.80. The highest BCUT2D eigenvalue weighted by Gasteiger charge is 2.39. The first-order valence-electron chi connectivity index (χ1n) is 7.40. The molecule has 1 saturated heterocycles. The summed E-state index contributed by atoms with van der Waals surface area (Å²) in [6.07, 6.45) is 6.92. The Morgan fingerprint density at radius 1 is 1.11 bits per heavy atom. The van der Waals surface area contributed by atoms with E-state index in [1.807, 2.05) is 0 Å². The van der Waals surface area contributed by atoms with Gasteiger partial charge in [0.25, 0.3) is 0 Å². The van der Waals surface area contributed by atoms with Crippen molar-refractivity contribution in [1.29, 1.82) is 0 Å². The molecule has 2 rings (SSSR count). The zero-order chi connectivity index (χ0) is 12.7. The molecule has 114 valence electrons. The van der Waals surface area contributed by atoms with Gasteiger partial charge in [-0.3, -0.25) is 4.90 Å². The first-order valence-corrected chi connectivity index (χ1v) is 7.40. The molecule has 0 bridgehead atoms. The Balaban J connectivity index is 0.00000180. The normalized spacial score (nSPS) is 23.2. The molecule has 2 aliphatic rings. The molecule has 0 aromatic heterocycles. The van der Waals surface area contributed by atoms with E-state index in [4.69, 9.17) is 9.47 Å². The van der Waals surface area contributed by atoms with Crippen LogP contribution in [-0.2, 0) is 9.47 Å². The Kier molecular flexibility index (Phi) is 8.26. The molecule has 0 unspecified atom stereocenters. The van der Waals surface area contributed by atoms with Gasteiger partial charge in [0.15, 0.2) is 0 Å². The molecule has 0 aromatic carbocycles. The van der Waals surface area contributed by atoms with E-state index in [2.05, 4.69) is 10.2 Å². The van der Waals surface area contributed by atoms with Gasteiger partial charge < -0.3 is 14.8 Å². The Hall–Kier alpha value is 0.130. The average molecular weight is 293 g/mol. The lowest BCUT2D eigenvalue weighted by molar-refractivity contribution is -0.00494. The summed E-state index contributed by atoms with van der Waals surface area (Å²) in [5.41, 5.74) is 0.432. The lowest BCUT2D eigenvalue weighted by Gasteiger charge is -2.50. The van der Waals surface area contributed by atoms with E-state index in [1.54, 1.807) is 7.11 Å². The number of piperazine rings is 1. The van der Waals surface area contributed by atoms with E-state index < -0.39 is 0 Å². The number of hydrogen-bond donors (Lipinski definition) is 1. The lowest BCUT2D eigenvalue weighted by Crippen LogP contribution is -2.62. The third-order valence-corrected chi connectivity index (χ3v) is 4.40. The maximum atomic E-state index is 5.62. The maximum absolute atomic E-state index is 5.62. The zero-order valence-corrected chi connectivity index (χ0v) is 13.0. The van der Waals surface area contributed by atoms with Crippen molar-refractivity contribution >= 4 is 12.4 Å². The molecular weight excluding hydrogens is 264 g/mol. The lowest BCUT2D eigenvalue weighted by atomic mass is 9.79. The van der Waals surface area contributed by atoms with Crippen molar-refractivity contribution in [3.8, 4) is 0 Å². The molecule has 0 amide bonds. The van der Waals surface area contributed by atoms with Crippen LogP contribution in [0.25, 0.3) is 0 Å². The number of ether oxygens (including phenoxy) is 2. The van der Waals surface area contributed by atoms with E-state index in [1.165, 1.54) is 45.2 Å². The van der Waals surface area contributed by atoms with Crippen LogP contribution in [0.3, 0.4) is 0 Å². The predicted molar refractivity (Wildman–Crippen MR) is 80.2 cm³/mol. The second-order valence-corrected chi connectivity index (χ2v) is 5.55. The van der Waals surface area contributed by atoms with Gasteiger partial charge in [-0.2, -0.15) is 0 Å². The van der Waals surface area contributed by atoms with Gasteiger partial charge in [0.1, 0.15) is 0 Å². The average Bonchev–Trinajstić information content (AvgIpc) is 2.42. The second-order valence-electron chi connectivity index (χ2n) is 5.55. The fourth-order valence-electron chi connectivity index (χ4n) is 3.35. The minimum Gasteiger partial charge on any atom is -0.382 e. The maximum Gasteiger partial charge on any atom is 0.0700 e. The molecule has 1 aliphatic carbocycles. The fourth-order valence-corrected chi connectivity index (χ4v) is 3.35. The molecule has 1 saturated carbocycles. The van der Waals surface area contributed by atoms with Crippen LogP contribution in [0.15, 0.2) is 0 Å². The summed E-state index contributed by atoms with van der Waals surface area (Å²) in [5.74, 6) is 0. The monoisotopic (exact) mass is 292 g/mol. The number of rotatable bonds is 6. The first-order chi connectivity index (χ1) is 8.87. The van der Waals surface area contributed by atoms with Crippen LogP contribution in [0.2, 0.25) is 0 Å². The van der Waals surface area contributed by atoms with E-state index in [9.17, 15) is 0 Å². The van der Waals surface area contributed by atoms with Crippen molar-refractivity contribution in [2.45, 2.75) is 37.6 Å². The van der Waals surface area contributed by atoms with Crippen molar-refractivity contribution in [3.05, 3.63) is 0 Å². The summed E-state index contributed by atoms with van der Waals surface area (Å²) in [5, 5.41) is 3.58. The molecule has 1 N–H and O–H groups in total. The molecule has 1 aliphatic heterocycles. The molecule has 1 heterocycles. The quantitative estimate of drug-likeness (QED) is 0.755. The predicted octanol–water partition coefficient (Wildman–Crippen LogP) is 1.68. The summed E-state index contributed by atoms with van der Waals surface area (Å²) in [4.78, 5) is 2.68. The summed E-state index contributed by atoms with van der Waals surface area (Å²) < 4.78 is 10.6. The van der Waals surface area contributed by atoms with E-state index in [0.29, 0.717) is 12.1 Å². The van der Waals surface area contributed by atoms with Gasteiger partial charge in [0.05, 0.1) is 19.8 Å². The number of nitrogens with one attached hydrogen (secondary N) is 1. The third kappa shape index (κ3) is 4.87. The summed E-state index contributed by atoms with van der Waals surface area (Å²) in [6, 6.07) is 0. The topological polar surface area (TPSA) is 33.7 Å². The molecular formula is C14H29ClN2O2. The summed E-state index contributed by atoms with van der Waals surface area (Å²) in [7, 11) is 1.72. The van der Waals surface area contributed by atoms with Crippen molar-refractivity contribution in [2.75, 3.05) is 53.1 Å². The molecule has 5 heteroatoms. The minimum atomic E-state index is 0. The largest absolute Gasteiger partial charge is 0.382 e. The van der Waals surface area contributed by atoms with E-state index >= 15 is 0 Å². The number of halogens is 1. The first kappa shape index (κ1) is 17.2. The number of hydrogen-bond acceptors (Lipinski definition) is 4. The van der Waals surface area contributed by atoms with Crippen LogP contribution in [0.4, 0.5) is 0 Å². The van der Waals surface area contributed by atoms with Crippen LogP contribution in [0, 0.1) is 0 Å². The van der Waals surface area contributed by atoms with Crippen molar-refractivity contribution in [3.63, 3.8) is 0 Å². The fraction of sp³-hybridized carbons (Fsp3) is 1.00. The third-order valence-electron chi connectivity index (χ3n) is 4.40. The molecule has 19 heavy (non-hydrogen) atoms. The van der Waals surface area contributed by atoms with Crippen LogP contribution in [-0.4, -0.2) is 63.5 Å². The second kappa shape index (κ2) is 9.14. The molecule has 0 aromatic rings. The van der Waals surface area contributed by atoms with Gasteiger partial charge in [0, 0.05) is 38.8 Å². The van der Waals surface area contributed by atoms with Crippen molar-refractivity contribution in [2.24, 2.45) is 0 Å². The van der Waals surface area contributed by atoms with Crippen LogP contribution in [0.5, 0.6) is 0 Å². The molecule has 4 nitrogen and oxygen atoms in total. The standard InChI is InChI=1S/C14H28N2O2.ClH/c1-17-11-12-18-10-9-16-8-7-15-13-14(16)5-3-2-4-6-14;/h15H,2-13H2,1H3;1H. The highest BCUT2D eigenvalue weighted by atomic mass is 35.5. The van der Waals surface area contributed by atoms with Gasteiger partial charge in [0.2, 0.25) is 0 Å². The molecule has 2 fully saturated rings. The Morgan fingerprint density at radius 3 is 2.63 bits per heavy atom. The van der Waals surface area contributed by atoms with E-state index in [-0.39, 0.29) is 12.4 Å². The minimum absolute atomic E-state index is 0. The van der Waals surface area contributed by atoms with Crippen molar-refractivity contribution < 1.29 is 9.47 Å². The number of methoxy groups -OCH3 is 1. The molecule has 0 atom stereocenters. The van der Waals surface area contributed by atoms with Crippen LogP contribution in [0.1, 0.15) is 32.1 Å². The highest BCUT2D eigenvalue weighted by molar-refractivity contribution is 5.85. The zero-order valence-electron chi connectivity index (χ0n) is 12.2. The Labute approximate surface area is 123 Å². The molecule has 1 spiro atoms. The van der Waals surface area contributed by atoms with Gasteiger partial charge in [-0.05, 0) is 12.8 Å². The van der Waals surface area contributed by atoms with Crippen LogP contribution >= 0.6 is 12.4 Å². The van der Waals surface area contributed by atoms with Gasteiger partial charge >= 0.3 is 0 Å². The molecule has 0 radical (unpaired) electrons. The number of nitrogens with zero attached hydrogens (tertiary/aromatic N) is 1. The highest BCUT2D eigenvalue weighted by Crippen LogP contribution is 2.34. The smallest absolute Gasteiger partial charge is 0.0700 e. The van der Waals surface area contributed by atoms with Gasteiger partial charge in [-0.25, -0.2) is 0 Å². The Bertz CT molecular complexity index is 227. The van der Waals surface area contributed by atoms with Crippen molar-refractivity contribution in [1.82, 2.24) is 10.2 Å². The van der Waals surface area contributed by atoms with Crippen LogP contribution < -0.4 is 5.32 Å². The van der Waals surface area contributed by atoms with Gasteiger partial charge in [-0.15, -0.1) is 12.4 Å². The van der Waals surface area contributed by atoms with Gasteiger partial charge in [-0.1, -0.05) is 19.3 Å².